The largest absolute Gasteiger partial charge is 2.00 e. The van der Waals surface area contributed by atoms with Gasteiger partial charge in [-0.2, -0.15) is 0 Å². The summed E-state index contributed by atoms with van der Waals surface area (Å²) in [4.78, 5) is 53.3. The minimum Gasteiger partial charge on any atom is -0.870 e. The van der Waals surface area contributed by atoms with Crippen molar-refractivity contribution in [2.24, 2.45) is 0 Å². The summed E-state index contributed by atoms with van der Waals surface area (Å²) in [5.41, 5.74) is 2.87. The van der Waals surface area contributed by atoms with Crippen LogP contribution in [0.5, 0.6) is 0 Å². The summed E-state index contributed by atoms with van der Waals surface area (Å²) in [6.07, 6.45) is 5.21. The maximum absolute atomic E-state index is 11.2. The zero-order valence-corrected chi connectivity index (χ0v) is 21.1. The molecule has 2 aliphatic rings. The van der Waals surface area contributed by atoms with E-state index in [0.717, 1.165) is 23.5 Å². The third-order valence-corrected chi connectivity index (χ3v) is 5.44. The maximum atomic E-state index is 11.2. The molecule has 0 saturated heterocycles. The van der Waals surface area contributed by atoms with Crippen LogP contribution in [0.1, 0.15) is 41.4 Å². The van der Waals surface area contributed by atoms with Gasteiger partial charge < -0.3 is 10.2 Å². The summed E-state index contributed by atoms with van der Waals surface area (Å²) >= 11 is 0. The second-order valence-corrected chi connectivity index (χ2v) is 7.93. The number of hydrogen-bond donors (Lipinski definition) is 0. The van der Waals surface area contributed by atoms with E-state index in [1.807, 2.05) is 36.4 Å². The van der Waals surface area contributed by atoms with Crippen LogP contribution < -0.4 is 10.2 Å². The van der Waals surface area contributed by atoms with Gasteiger partial charge in [-0.3, -0.25) is 29.1 Å². The van der Waals surface area contributed by atoms with E-state index in [1.54, 1.807) is 48.8 Å². The quantitative estimate of drug-likeness (QED) is 0.346. The molecule has 0 atom stereocenters. The van der Waals surface area contributed by atoms with Crippen LogP contribution in [0.15, 0.2) is 121 Å². The molecule has 0 bridgehead atoms. The minimum absolute atomic E-state index is 0. The number of ketones is 4. The molecule has 39 heavy (non-hydrogen) atoms. The fraction of sp³-hybridized carbons (Fsp3) is 0. The third-order valence-electron chi connectivity index (χ3n) is 5.44. The Bertz CT molecular complexity index is 1480. The molecule has 0 aliphatic heterocycles. The van der Waals surface area contributed by atoms with E-state index in [-0.39, 0.29) is 39.5 Å². The van der Waals surface area contributed by atoms with Crippen molar-refractivity contribution in [3.63, 3.8) is 0 Å². The number of Topliss-reactive ketones (excluding diaryl/α,β-unsaturated/α-hetero) is 2. The van der Waals surface area contributed by atoms with Crippen molar-refractivity contribution in [1.82, 2.24) is 9.97 Å². The van der Waals surface area contributed by atoms with Crippen LogP contribution in [0.3, 0.4) is 0 Å². The summed E-state index contributed by atoms with van der Waals surface area (Å²) in [7, 11) is 0. The molecule has 6 rings (SSSR count). The van der Waals surface area contributed by atoms with Gasteiger partial charge in [0, 0.05) is 34.6 Å². The number of allylic oxidation sites excluding steroid dienone is 4. The topological polar surface area (TPSA) is 140 Å². The SMILES string of the molecule is O=C1C=C([O-])C(=O)c2ccccc21.O=C1C=C([O-])C(=O)c2ccccc21.[Co+2].c1ccc(-c2ccccn2)nc1. The molecule has 2 aromatic carbocycles. The van der Waals surface area contributed by atoms with Gasteiger partial charge in [-0.1, -0.05) is 72.2 Å². The Labute approximate surface area is 233 Å². The van der Waals surface area contributed by atoms with Gasteiger partial charge in [0.15, 0.2) is 23.1 Å². The monoisotopic (exact) mass is 561 g/mol. The minimum atomic E-state index is -0.733. The van der Waals surface area contributed by atoms with Gasteiger partial charge in [0.05, 0.1) is 11.4 Å². The second-order valence-electron chi connectivity index (χ2n) is 7.93. The number of aromatic nitrogens is 2. The molecule has 1 radical (unpaired) electrons. The van der Waals surface area contributed by atoms with Crippen LogP contribution in [0.2, 0.25) is 0 Å². The zero-order chi connectivity index (χ0) is 27.1. The molecule has 0 fully saturated rings. The first-order chi connectivity index (χ1) is 18.4. The molecular weight excluding hydrogens is 543 g/mol. The second kappa shape index (κ2) is 13.0. The Morgan fingerprint density at radius 2 is 0.795 bits per heavy atom. The van der Waals surface area contributed by atoms with Crippen LogP contribution in [-0.4, -0.2) is 33.1 Å². The molecular formula is C30H18CoN2O6. The van der Waals surface area contributed by atoms with Crippen LogP contribution in [0.4, 0.5) is 0 Å². The van der Waals surface area contributed by atoms with Gasteiger partial charge in [-0.05, 0) is 36.4 Å². The van der Waals surface area contributed by atoms with Crippen LogP contribution >= 0.6 is 0 Å². The summed E-state index contributed by atoms with van der Waals surface area (Å²) < 4.78 is 0. The Balaban J connectivity index is 0.000000160. The van der Waals surface area contributed by atoms with E-state index in [2.05, 4.69) is 9.97 Å². The molecule has 193 valence electrons. The number of rotatable bonds is 1. The van der Waals surface area contributed by atoms with Gasteiger partial charge in [-0.15, -0.1) is 0 Å². The molecule has 0 spiro atoms. The van der Waals surface area contributed by atoms with Crippen LogP contribution in [0.25, 0.3) is 11.4 Å². The average molecular weight is 561 g/mol. The van der Waals surface area contributed by atoms with Crippen molar-refractivity contribution in [3.8, 4) is 11.4 Å². The normalized spacial score (nSPS) is 13.1. The first kappa shape index (κ1) is 28.6. The Kier molecular flexibility index (Phi) is 9.52. The number of nitrogens with zero attached hydrogens (tertiary/aromatic N) is 2. The van der Waals surface area contributed by atoms with Gasteiger partial charge in [-0.25, -0.2) is 0 Å². The van der Waals surface area contributed by atoms with E-state index in [9.17, 15) is 29.4 Å². The van der Waals surface area contributed by atoms with Crippen molar-refractivity contribution in [3.05, 3.63) is 143 Å². The molecule has 0 saturated carbocycles. The number of benzene rings is 2. The predicted molar refractivity (Wildman–Crippen MR) is 134 cm³/mol. The van der Waals surface area contributed by atoms with E-state index < -0.39 is 23.1 Å². The standard InChI is InChI=1S/C10H8N2.2C10H6O3.Co/c1-3-7-11-9(5-1)10-6-2-4-8-12-10;2*11-8-5-9(12)10(13)7-4-2-1-3-6(7)8;/h1-8H;2*1-5,12H;/q;;;+2/p-2. The third kappa shape index (κ3) is 6.66. The maximum Gasteiger partial charge on any atom is 2.00 e. The van der Waals surface area contributed by atoms with Gasteiger partial charge in [0.2, 0.25) is 0 Å². The summed E-state index contributed by atoms with van der Waals surface area (Å²) in [6, 6.07) is 24.2. The molecule has 0 amide bonds. The molecule has 2 aliphatic carbocycles. The molecule has 4 aromatic rings. The van der Waals surface area contributed by atoms with Gasteiger partial charge in [0.1, 0.15) is 0 Å². The fourth-order valence-electron chi connectivity index (χ4n) is 3.61. The summed E-state index contributed by atoms with van der Waals surface area (Å²) in [5.74, 6) is -3.45. The average Bonchev–Trinajstić information content (AvgIpc) is 2.96. The van der Waals surface area contributed by atoms with Crippen molar-refractivity contribution in [2.75, 3.05) is 0 Å². The van der Waals surface area contributed by atoms with Crippen LogP contribution in [0, 0.1) is 0 Å². The Morgan fingerprint density at radius 1 is 0.462 bits per heavy atom. The van der Waals surface area contributed by atoms with Gasteiger partial charge in [0.25, 0.3) is 0 Å². The van der Waals surface area contributed by atoms with Crippen LogP contribution in [-0.2, 0) is 16.8 Å². The number of fused-ring (bicyclic) bond motifs is 2. The molecule has 2 aromatic heterocycles. The first-order valence-electron chi connectivity index (χ1n) is 11.3. The van der Waals surface area contributed by atoms with E-state index in [1.165, 1.54) is 12.1 Å². The number of carbonyl (C=O) groups is 4. The molecule has 0 unspecified atom stereocenters. The molecule has 2 heterocycles. The smallest absolute Gasteiger partial charge is 0.870 e. The van der Waals surface area contributed by atoms with Crippen molar-refractivity contribution in [1.29, 1.82) is 0 Å². The van der Waals surface area contributed by atoms with Crippen molar-refractivity contribution >= 4 is 23.1 Å². The molecule has 9 heteroatoms. The number of pyridine rings is 2. The van der Waals surface area contributed by atoms with E-state index in [4.69, 9.17) is 0 Å². The first-order valence-corrected chi connectivity index (χ1v) is 11.3. The zero-order valence-electron chi connectivity index (χ0n) is 20.1. The number of carbonyl (C=O) groups excluding carboxylic acids is 4. The van der Waals surface area contributed by atoms with Crippen molar-refractivity contribution in [2.45, 2.75) is 0 Å². The van der Waals surface area contributed by atoms with E-state index >= 15 is 0 Å². The Hall–Kier alpha value is -4.99. The fourth-order valence-corrected chi connectivity index (χ4v) is 3.61. The Morgan fingerprint density at radius 3 is 1.13 bits per heavy atom. The number of hydrogen-bond acceptors (Lipinski definition) is 8. The summed E-state index contributed by atoms with van der Waals surface area (Å²) in [6.45, 7) is 0. The van der Waals surface area contributed by atoms with E-state index in [0.29, 0.717) is 11.1 Å². The van der Waals surface area contributed by atoms with Crippen molar-refractivity contribution < 1.29 is 46.2 Å². The molecule has 8 nitrogen and oxygen atoms in total. The van der Waals surface area contributed by atoms with Gasteiger partial charge >= 0.3 is 16.8 Å². The molecule has 0 N–H and O–H groups in total. The summed E-state index contributed by atoms with van der Waals surface area (Å²) in [5, 5.41) is 21.9. The predicted octanol–water partition coefficient (Wildman–Crippen LogP) is 2.76.